The van der Waals surface area contributed by atoms with Gasteiger partial charge in [-0.15, -0.1) is 0 Å². The Balaban J connectivity index is 1.18. The molecular formula is C25H34N6O5. The average Bonchev–Trinajstić information content (AvgIpc) is 3.28. The van der Waals surface area contributed by atoms with E-state index < -0.39 is 12.0 Å². The third-order valence-electron chi connectivity index (χ3n) is 8.05. The van der Waals surface area contributed by atoms with Crippen molar-refractivity contribution in [2.75, 3.05) is 18.0 Å². The molecule has 194 valence electrons. The van der Waals surface area contributed by atoms with Crippen LogP contribution in [-0.2, 0) is 4.79 Å². The highest BCUT2D eigenvalue weighted by Gasteiger charge is 2.56. The first-order chi connectivity index (χ1) is 17.5. The van der Waals surface area contributed by atoms with Crippen molar-refractivity contribution in [3.05, 3.63) is 24.2 Å². The van der Waals surface area contributed by atoms with Crippen LogP contribution in [0.2, 0.25) is 0 Å². The van der Waals surface area contributed by atoms with E-state index in [1.165, 1.54) is 32.1 Å². The quantitative estimate of drug-likeness (QED) is 0.284. The topological polar surface area (TPSA) is 154 Å². The van der Waals surface area contributed by atoms with Gasteiger partial charge in [0.25, 0.3) is 0 Å². The zero-order chi connectivity index (χ0) is 25.1. The summed E-state index contributed by atoms with van der Waals surface area (Å²) in [6, 6.07) is 3.86. The third kappa shape index (κ3) is 5.61. The van der Waals surface area contributed by atoms with E-state index >= 15 is 0 Å². The van der Waals surface area contributed by atoms with Crippen molar-refractivity contribution in [1.29, 1.82) is 0 Å². The fourth-order valence-corrected chi connectivity index (χ4v) is 6.00. The van der Waals surface area contributed by atoms with Gasteiger partial charge in [0.1, 0.15) is 5.82 Å². The van der Waals surface area contributed by atoms with Crippen LogP contribution in [0.3, 0.4) is 0 Å². The number of aromatic nitrogens is 3. The van der Waals surface area contributed by atoms with Crippen molar-refractivity contribution in [1.82, 2.24) is 25.9 Å². The van der Waals surface area contributed by atoms with Gasteiger partial charge in [0.05, 0.1) is 0 Å². The number of nitrogens with zero attached hydrogens (tertiary/aromatic N) is 4. The highest BCUT2D eigenvalue weighted by molar-refractivity contribution is 5.75. The Morgan fingerprint density at radius 1 is 1.17 bits per heavy atom. The second-order valence-corrected chi connectivity index (χ2v) is 10.4. The van der Waals surface area contributed by atoms with Gasteiger partial charge in [-0.05, 0) is 24.5 Å². The molecule has 0 radical (unpaired) electrons. The maximum Gasteiger partial charge on any atom is 0.404 e. The first-order valence-electron chi connectivity index (χ1n) is 13.0. The molecule has 3 fully saturated rings. The van der Waals surface area contributed by atoms with E-state index in [1.807, 2.05) is 12.1 Å². The minimum absolute atomic E-state index is 0.0549. The number of piperidine rings is 1. The minimum atomic E-state index is -0.966. The summed E-state index contributed by atoms with van der Waals surface area (Å²) in [4.78, 5) is 34.0. The van der Waals surface area contributed by atoms with E-state index in [-0.39, 0.29) is 18.4 Å². The number of hydrogen-bond donors (Lipinski definition) is 4. The van der Waals surface area contributed by atoms with Crippen LogP contribution in [0.1, 0.15) is 69.6 Å². The van der Waals surface area contributed by atoms with Crippen molar-refractivity contribution in [3.8, 4) is 11.4 Å². The van der Waals surface area contributed by atoms with E-state index in [4.69, 9.17) is 14.8 Å². The number of amides is 2. The van der Waals surface area contributed by atoms with Gasteiger partial charge < -0.3 is 19.8 Å². The van der Waals surface area contributed by atoms with E-state index in [0.717, 1.165) is 49.7 Å². The maximum atomic E-state index is 11.9. The summed E-state index contributed by atoms with van der Waals surface area (Å²) in [6.07, 6.45) is 10.2. The molecule has 3 atom stereocenters. The van der Waals surface area contributed by atoms with Crippen LogP contribution in [0.25, 0.3) is 11.4 Å². The second-order valence-electron chi connectivity index (χ2n) is 10.4. The molecule has 2 amide bonds. The van der Waals surface area contributed by atoms with Gasteiger partial charge in [0.15, 0.2) is 0 Å². The van der Waals surface area contributed by atoms with Crippen LogP contribution < -0.4 is 15.7 Å². The highest BCUT2D eigenvalue weighted by Crippen LogP contribution is 2.46. The molecule has 2 saturated carbocycles. The van der Waals surface area contributed by atoms with Crippen molar-refractivity contribution in [2.24, 2.45) is 17.8 Å². The Morgan fingerprint density at radius 2 is 1.94 bits per heavy atom. The molecule has 11 nitrogen and oxygen atoms in total. The second kappa shape index (κ2) is 10.8. The number of rotatable bonds is 10. The molecule has 5 rings (SSSR count). The van der Waals surface area contributed by atoms with Gasteiger partial charge in [-0.3, -0.25) is 10.0 Å². The van der Waals surface area contributed by atoms with Gasteiger partial charge >= 0.3 is 6.09 Å². The Kier molecular flexibility index (Phi) is 7.35. The summed E-state index contributed by atoms with van der Waals surface area (Å²) in [6.45, 7) is 1.56. The monoisotopic (exact) mass is 498 g/mol. The highest BCUT2D eigenvalue weighted by atomic mass is 16.5. The Labute approximate surface area is 209 Å². The number of carbonyl (C=O) groups excluding carboxylic acids is 1. The van der Waals surface area contributed by atoms with Gasteiger partial charge in [-0.1, -0.05) is 50.1 Å². The summed E-state index contributed by atoms with van der Waals surface area (Å²) in [5.41, 5.74) is 2.44. The lowest BCUT2D eigenvalue weighted by Crippen LogP contribution is -2.34. The molecular weight excluding hydrogens is 464 g/mol. The summed E-state index contributed by atoms with van der Waals surface area (Å²) >= 11 is 0. The number of carboxylic acid groups (broad SMARTS) is 1. The zero-order valence-corrected chi connectivity index (χ0v) is 20.3. The van der Waals surface area contributed by atoms with Gasteiger partial charge in [-0.25, -0.2) is 15.3 Å². The summed E-state index contributed by atoms with van der Waals surface area (Å²) in [5.74, 6) is 2.38. The van der Waals surface area contributed by atoms with Crippen LogP contribution >= 0.6 is 0 Å². The Morgan fingerprint density at radius 3 is 2.61 bits per heavy atom. The molecule has 0 spiro atoms. The Hall–Kier alpha value is -3.21. The Bertz CT molecular complexity index is 1040. The molecule has 11 heteroatoms. The summed E-state index contributed by atoms with van der Waals surface area (Å²) in [5, 5.41) is 24.6. The van der Waals surface area contributed by atoms with E-state index in [2.05, 4.69) is 25.3 Å². The average molecular weight is 499 g/mol. The third-order valence-corrected chi connectivity index (χ3v) is 8.05. The van der Waals surface area contributed by atoms with Crippen molar-refractivity contribution >= 4 is 17.8 Å². The number of anilines is 1. The normalized spacial score (nSPS) is 24.2. The lowest BCUT2D eigenvalue weighted by atomic mass is 9.84. The maximum absolute atomic E-state index is 11.9. The zero-order valence-electron chi connectivity index (χ0n) is 20.3. The lowest BCUT2D eigenvalue weighted by molar-refractivity contribution is -0.129. The molecule has 36 heavy (non-hydrogen) atoms. The lowest BCUT2D eigenvalue weighted by Gasteiger charge is -2.22. The van der Waals surface area contributed by atoms with E-state index in [1.54, 1.807) is 11.7 Å². The van der Waals surface area contributed by atoms with E-state index in [9.17, 15) is 9.59 Å². The first-order valence-corrected chi connectivity index (χ1v) is 13.0. The van der Waals surface area contributed by atoms with Crippen molar-refractivity contribution in [3.63, 3.8) is 0 Å². The van der Waals surface area contributed by atoms with Gasteiger partial charge in [-0.2, -0.15) is 4.98 Å². The minimum Gasteiger partial charge on any atom is -0.465 e. The number of pyridine rings is 1. The van der Waals surface area contributed by atoms with E-state index in [0.29, 0.717) is 23.6 Å². The van der Waals surface area contributed by atoms with Crippen molar-refractivity contribution in [2.45, 2.75) is 69.7 Å². The number of hydroxylamine groups is 1. The van der Waals surface area contributed by atoms with Crippen molar-refractivity contribution < 1.29 is 24.4 Å². The van der Waals surface area contributed by atoms with Crippen LogP contribution in [0.15, 0.2) is 22.9 Å². The molecule has 1 saturated heterocycles. The number of hydrogen-bond acceptors (Lipinski definition) is 8. The summed E-state index contributed by atoms with van der Waals surface area (Å²) < 4.78 is 5.55. The number of nitrogens with one attached hydrogen (secondary N) is 2. The smallest absolute Gasteiger partial charge is 0.404 e. The fourth-order valence-electron chi connectivity index (χ4n) is 6.00. The van der Waals surface area contributed by atoms with Crippen LogP contribution in [-0.4, -0.2) is 56.6 Å². The largest absolute Gasteiger partial charge is 0.465 e. The number of carbonyl (C=O) groups is 2. The predicted molar refractivity (Wildman–Crippen MR) is 129 cm³/mol. The SMILES string of the molecule is O=C(O)NC1C2CN(c3ccc(-c4noc([C@H](CCCC5CCCCC5)CC(=O)NO)n4)cn3)CC21. The molecule has 1 aliphatic heterocycles. The number of fused-ring (bicyclic) bond motifs is 1. The molecule has 3 heterocycles. The molecule has 0 aromatic carbocycles. The summed E-state index contributed by atoms with van der Waals surface area (Å²) in [7, 11) is 0. The van der Waals surface area contributed by atoms with Crippen LogP contribution in [0.4, 0.5) is 10.6 Å². The molecule has 2 aliphatic carbocycles. The molecule has 4 N–H and O–H groups in total. The molecule has 3 aliphatic rings. The van der Waals surface area contributed by atoms with Crippen LogP contribution in [0, 0.1) is 17.8 Å². The molecule has 0 bridgehead atoms. The van der Waals surface area contributed by atoms with Crippen LogP contribution in [0.5, 0.6) is 0 Å². The van der Waals surface area contributed by atoms with Gasteiger partial charge in [0, 0.05) is 55.1 Å². The molecule has 2 aromatic rings. The molecule has 2 unspecified atom stereocenters. The predicted octanol–water partition coefficient (Wildman–Crippen LogP) is 3.56. The fraction of sp³-hybridized carbons (Fsp3) is 0.640. The first kappa shape index (κ1) is 24.5. The van der Waals surface area contributed by atoms with Gasteiger partial charge in [0.2, 0.25) is 17.6 Å². The molecule has 2 aromatic heterocycles. The standard InChI is InChI=1S/C25H34N6O5/c32-21(29-35)11-16(8-4-7-15-5-2-1-3-6-15)24-28-23(30-36-24)17-9-10-20(26-12-17)31-13-18-19(14-31)22(18)27-25(33)34/h9-10,12,15-16,18-19,22,27,35H,1-8,11,13-14H2,(H,29,32)(H,33,34)/t16-,18?,19?,22?/m1/s1.